The molecule has 0 radical (unpaired) electrons. The third-order valence-electron chi connectivity index (χ3n) is 7.65. The maximum atomic E-state index is 14.0. The van der Waals surface area contributed by atoms with Crippen LogP contribution in [0.1, 0.15) is 48.9 Å². The molecule has 1 saturated carbocycles. The Bertz CT molecular complexity index is 1290. The number of amides is 1. The number of nitriles is 1. The molecule has 0 spiro atoms. The van der Waals surface area contributed by atoms with E-state index < -0.39 is 47.3 Å². The smallest absolute Gasteiger partial charge is 0.379 e. The maximum Gasteiger partial charge on any atom is 0.416 e. The molecule has 2 aromatic carbocycles. The number of rotatable bonds is 8. The van der Waals surface area contributed by atoms with Crippen LogP contribution in [0.15, 0.2) is 48.5 Å². The molecule has 226 valence electrons. The summed E-state index contributed by atoms with van der Waals surface area (Å²) in [6.07, 6.45) is -6.02. The minimum absolute atomic E-state index is 0.0824. The zero-order valence-corrected chi connectivity index (χ0v) is 23.5. The number of benzene rings is 2. The van der Waals surface area contributed by atoms with Gasteiger partial charge in [-0.3, -0.25) is 10.2 Å². The largest absolute Gasteiger partial charge is 0.416 e. The van der Waals surface area contributed by atoms with Crippen LogP contribution in [0.4, 0.5) is 13.2 Å². The third-order valence-corrected chi connectivity index (χ3v) is 7.65. The van der Waals surface area contributed by atoms with Gasteiger partial charge in [0.05, 0.1) is 55.8 Å². The molecule has 2 aromatic rings. The number of nitrogens with one attached hydrogen (secondary N) is 1. The van der Waals surface area contributed by atoms with Crippen LogP contribution < -0.4 is 5.43 Å². The lowest BCUT2D eigenvalue weighted by Crippen LogP contribution is -2.63. The second kappa shape index (κ2) is 12.3. The number of halogens is 3. The van der Waals surface area contributed by atoms with Crippen LogP contribution in [0.5, 0.6) is 0 Å². The zero-order valence-electron chi connectivity index (χ0n) is 23.5. The van der Waals surface area contributed by atoms with E-state index in [1.165, 1.54) is 12.1 Å². The fourth-order valence-electron chi connectivity index (χ4n) is 5.57. The fourth-order valence-corrected chi connectivity index (χ4v) is 5.57. The van der Waals surface area contributed by atoms with Crippen LogP contribution >= 0.6 is 0 Å². The summed E-state index contributed by atoms with van der Waals surface area (Å²) in [6.45, 7) is 5.36. The number of morpholine rings is 1. The van der Waals surface area contributed by atoms with Crippen LogP contribution in [0.2, 0.25) is 0 Å². The molecule has 1 amide bonds. The van der Waals surface area contributed by atoms with Gasteiger partial charge in [0.25, 0.3) is 5.91 Å². The molecule has 0 bridgehead atoms. The van der Waals surface area contributed by atoms with E-state index in [1.54, 1.807) is 43.1 Å². The van der Waals surface area contributed by atoms with Crippen molar-refractivity contribution >= 4 is 5.91 Å². The maximum absolute atomic E-state index is 14.0. The van der Waals surface area contributed by atoms with Crippen LogP contribution in [0.25, 0.3) is 0 Å². The highest BCUT2D eigenvalue weighted by Crippen LogP contribution is 2.44. The van der Waals surface area contributed by atoms with E-state index in [1.807, 2.05) is 0 Å². The van der Waals surface area contributed by atoms with Gasteiger partial charge in [-0.25, -0.2) is 5.01 Å². The number of carbonyl (C=O) groups is 1. The van der Waals surface area contributed by atoms with Gasteiger partial charge >= 0.3 is 6.18 Å². The quantitative estimate of drug-likeness (QED) is 0.492. The van der Waals surface area contributed by atoms with Gasteiger partial charge in [-0.15, -0.1) is 0 Å². The van der Waals surface area contributed by atoms with E-state index in [-0.39, 0.29) is 31.6 Å². The molecule has 2 heterocycles. The van der Waals surface area contributed by atoms with E-state index in [4.69, 9.17) is 28.9 Å². The Hall–Kier alpha value is -3.05. The standard InChI is InChI=1S/C30H34F3N3O6/c1-28(2)41-25-16-29(27(37)35-36-10-12-38-13-11-36,40-19-22-4-3-5-23(14-22)30(31,32)33)15-24(26(25)42-28)39-18-21-8-6-20(17-34)7-9-21/h3-9,14,24-26H,10-13,15-16,18-19H2,1-2H3,(H,35,37)/t24-,25-,26+,29-/m1/s1. The summed E-state index contributed by atoms with van der Waals surface area (Å²) in [5.41, 5.74) is 2.27. The molecular weight excluding hydrogens is 555 g/mol. The highest BCUT2D eigenvalue weighted by Gasteiger charge is 2.58. The summed E-state index contributed by atoms with van der Waals surface area (Å²) in [7, 11) is 0. The molecule has 0 aromatic heterocycles. The number of alkyl halides is 3. The summed E-state index contributed by atoms with van der Waals surface area (Å²) in [4.78, 5) is 14.0. The second-order valence-electron chi connectivity index (χ2n) is 11.2. The topological polar surface area (TPSA) is 102 Å². The number of carbonyl (C=O) groups excluding carboxylic acids is 1. The van der Waals surface area contributed by atoms with Crippen LogP contribution in [-0.2, 0) is 47.9 Å². The van der Waals surface area contributed by atoms with Crippen LogP contribution in [-0.4, -0.2) is 66.9 Å². The van der Waals surface area contributed by atoms with E-state index in [0.29, 0.717) is 31.9 Å². The van der Waals surface area contributed by atoms with Crippen LogP contribution in [0, 0.1) is 11.3 Å². The molecule has 3 aliphatic rings. The van der Waals surface area contributed by atoms with Gasteiger partial charge in [0, 0.05) is 25.9 Å². The van der Waals surface area contributed by atoms with Crippen LogP contribution in [0.3, 0.4) is 0 Å². The number of nitrogens with zero attached hydrogens (tertiary/aromatic N) is 2. The lowest BCUT2D eigenvalue weighted by atomic mass is 9.78. The van der Waals surface area contributed by atoms with E-state index in [2.05, 4.69) is 11.5 Å². The number of fused-ring (bicyclic) bond motifs is 1. The predicted molar refractivity (Wildman–Crippen MR) is 142 cm³/mol. The van der Waals surface area contributed by atoms with Gasteiger partial charge < -0.3 is 23.7 Å². The van der Waals surface area contributed by atoms with Crippen molar-refractivity contribution in [2.75, 3.05) is 26.3 Å². The van der Waals surface area contributed by atoms with Crippen molar-refractivity contribution in [1.82, 2.24) is 10.4 Å². The monoisotopic (exact) mass is 589 g/mol. The van der Waals surface area contributed by atoms with E-state index in [9.17, 15) is 18.0 Å². The molecule has 1 N–H and O–H groups in total. The second-order valence-corrected chi connectivity index (χ2v) is 11.2. The Balaban J connectivity index is 1.42. The van der Waals surface area contributed by atoms with Gasteiger partial charge in [-0.2, -0.15) is 18.4 Å². The van der Waals surface area contributed by atoms with Crippen molar-refractivity contribution in [1.29, 1.82) is 5.26 Å². The van der Waals surface area contributed by atoms with Crippen molar-refractivity contribution < 1.29 is 41.7 Å². The number of hydrogen-bond acceptors (Lipinski definition) is 8. The van der Waals surface area contributed by atoms with E-state index >= 15 is 0 Å². The zero-order chi connectivity index (χ0) is 30.0. The van der Waals surface area contributed by atoms with Crippen molar-refractivity contribution in [3.8, 4) is 6.07 Å². The normalized spacial score (nSPS) is 27.7. The average Bonchev–Trinajstić information content (AvgIpc) is 3.29. The lowest BCUT2D eigenvalue weighted by molar-refractivity contribution is -0.187. The highest BCUT2D eigenvalue weighted by atomic mass is 19.4. The Labute approximate surface area is 242 Å². The molecule has 3 fully saturated rings. The lowest BCUT2D eigenvalue weighted by Gasteiger charge is -2.44. The molecule has 5 rings (SSSR count). The van der Waals surface area contributed by atoms with Gasteiger partial charge in [0.2, 0.25) is 0 Å². The molecule has 1 aliphatic carbocycles. The van der Waals surface area contributed by atoms with Gasteiger partial charge in [0.15, 0.2) is 11.4 Å². The first-order chi connectivity index (χ1) is 20.0. The van der Waals surface area contributed by atoms with Crippen molar-refractivity contribution in [3.63, 3.8) is 0 Å². The Morgan fingerprint density at radius 1 is 1.07 bits per heavy atom. The highest BCUT2D eigenvalue weighted by molar-refractivity contribution is 5.85. The Morgan fingerprint density at radius 2 is 1.81 bits per heavy atom. The summed E-state index contributed by atoms with van der Waals surface area (Å²) in [6, 6.07) is 13.9. The minimum atomic E-state index is -4.51. The summed E-state index contributed by atoms with van der Waals surface area (Å²) in [5.74, 6) is -1.38. The Morgan fingerprint density at radius 3 is 2.50 bits per heavy atom. The SMILES string of the molecule is CC1(C)O[C@H]2[C@H](OCc3ccc(C#N)cc3)C[C@](OCc3cccc(C(F)(F)F)c3)(C(=O)NN3CCOCC3)C[C@H]2O1. The van der Waals surface area contributed by atoms with Gasteiger partial charge in [0.1, 0.15) is 6.10 Å². The Kier molecular flexibility index (Phi) is 8.89. The number of hydrazine groups is 1. The van der Waals surface area contributed by atoms with Gasteiger partial charge in [-0.05, 0) is 49.2 Å². The van der Waals surface area contributed by atoms with Crippen molar-refractivity contribution in [3.05, 3.63) is 70.8 Å². The molecule has 4 atom stereocenters. The summed E-state index contributed by atoms with van der Waals surface area (Å²) >= 11 is 0. The summed E-state index contributed by atoms with van der Waals surface area (Å²) < 4.78 is 70.6. The average molecular weight is 590 g/mol. The first-order valence-corrected chi connectivity index (χ1v) is 13.9. The van der Waals surface area contributed by atoms with Crippen molar-refractivity contribution in [2.24, 2.45) is 0 Å². The summed E-state index contributed by atoms with van der Waals surface area (Å²) in [5, 5.41) is 10.8. The van der Waals surface area contributed by atoms with E-state index in [0.717, 1.165) is 17.7 Å². The minimum Gasteiger partial charge on any atom is -0.379 e. The molecule has 0 unspecified atom stereocenters. The molecule has 2 aliphatic heterocycles. The molecular formula is C30H34F3N3O6. The first kappa shape index (κ1) is 30.4. The predicted octanol–water partition coefficient (Wildman–Crippen LogP) is 4.10. The molecule has 12 heteroatoms. The number of hydrogen-bond donors (Lipinski definition) is 1. The van der Waals surface area contributed by atoms with Gasteiger partial charge in [-0.1, -0.05) is 24.3 Å². The fraction of sp³-hybridized carbons (Fsp3) is 0.533. The molecule has 2 saturated heterocycles. The first-order valence-electron chi connectivity index (χ1n) is 13.9. The molecule has 42 heavy (non-hydrogen) atoms. The molecule has 9 nitrogen and oxygen atoms in total. The third kappa shape index (κ3) is 7.11. The number of ether oxygens (including phenoxy) is 5. The van der Waals surface area contributed by atoms with Crippen molar-refractivity contribution in [2.45, 2.75) is 75.8 Å².